The highest BCUT2D eigenvalue weighted by Crippen LogP contribution is 2.20. The normalized spacial score (nSPS) is 11.1. The van der Waals surface area contributed by atoms with Crippen LogP contribution in [0, 0.1) is 0 Å². The summed E-state index contributed by atoms with van der Waals surface area (Å²) in [5, 5.41) is 5.25. The quantitative estimate of drug-likeness (QED) is 0.644. The minimum Gasteiger partial charge on any atom is -0.383 e. The minimum atomic E-state index is -3.49. The topological polar surface area (TPSA) is 84.5 Å². The smallest absolute Gasteiger partial charge is 0.252 e. The van der Waals surface area contributed by atoms with Crippen molar-refractivity contribution >= 4 is 28.2 Å². The van der Waals surface area contributed by atoms with E-state index in [2.05, 4.69) is 10.6 Å². The summed E-state index contributed by atoms with van der Waals surface area (Å²) < 4.78 is 29.5. The molecule has 0 radical (unpaired) electrons. The third-order valence-electron chi connectivity index (χ3n) is 3.13. The molecule has 0 aliphatic carbocycles. The number of hydrogen-bond acceptors (Lipinski definition) is 5. The maximum atomic E-state index is 12.3. The van der Waals surface area contributed by atoms with E-state index in [0.29, 0.717) is 26.2 Å². The van der Waals surface area contributed by atoms with E-state index in [9.17, 15) is 13.2 Å². The Bertz CT molecular complexity index is 591. The van der Waals surface area contributed by atoms with Crippen LogP contribution in [0.5, 0.6) is 0 Å². The molecule has 1 amide bonds. The first kappa shape index (κ1) is 21.9. The fraction of sp³-hybridized carbons (Fsp3) is 0.533. The number of amides is 1. The van der Waals surface area contributed by atoms with Crippen LogP contribution in [0.3, 0.4) is 0 Å². The van der Waals surface area contributed by atoms with Gasteiger partial charge in [-0.1, -0.05) is 12.1 Å². The van der Waals surface area contributed by atoms with E-state index in [0.717, 1.165) is 0 Å². The van der Waals surface area contributed by atoms with Gasteiger partial charge in [-0.3, -0.25) is 4.79 Å². The van der Waals surface area contributed by atoms with Crippen molar-refractivity contribution in [2.45, 2.75) is 24.0 Å². The van der Waals surface area contributed by atoms with E-state index in [1.165, 1.54) is 12.1 Å². The molecule has 0 saturated heterocycles. The zero-order chi connectivity index (χ0) is 16.6. The van der Waals surface area contributed by atoms with Gasteiger partial charge in [0, 0.05) is 26.7 Å². The highest BCUT2D eigenvalue weighted by atomic mass is 35.5. The van der Waals surface area contributed by atoms with Gasteiger partial charge >= 0.3 is 0 Å². The number of benzene rings is 1. The molecule has 0 aromatic heterocycles. The van der Waals surface area contributed by atoms with Gasteiger partial charge in [-0.2, -0.15) is 0 Å². The molecule has 1 aromatic carbocycles. The summed E-state index contributed by atoms with van der Waals surface area (Å²) in [6.45, 7) is 5.51. The molecule has 0 unspecified atom stereocenters. The second kappa shape index (κ2) is 10.6. The number of ether oxygens (including phenoxy) is 1. The van der Waals surface area contributed by atoms with E-state index in [-0.39, 0.29) is 28.8 Å². The molecule has 0 spiro atoms. The Labute approximate surface area is 144 Å². The molecular weight excluding hydrogens is 340 g/mol. The molecule has 0 fully saturated rings. The summed E-state index contributed by atoms with van der Waals surface area (Å²) in [6, 6.07) is 6.29. The van der Waals surface area contributed by atoms with Gasteiger partial charge in [0.2, 0.25) is 0 Å². The minimum absolute atomic E-state index is 0. The maximum absolute atomic E-state index is 12.3. The van der Waals surface area contributed by atoms with Crippen molar-refractivity contribution in [3.63, 3.8) is 0 Å². The van der Waals surface area contributed by atoms with Gasteiger partial charge in [-0.25, -0.2) is 8.42 Å². The fourth-order valence-electron chi connectivity index (χ4n) is 1.82. The predicted molar refractivity (Wildman–Crippen MR) is 93.1 cm³/mol. The molecular formula is C15H25ClN2O4S. The second-order valence-electron chi connectivity index (χ2n) is 5.09. The molecule has 0 aliphatic rings. The number of halogens is 1. The van der Waals surface area contributed by atoms with Crippen molar-refractivity contribution in [2.24, 2.45) is 0 Å². The predicted octanol–water partition coefficient (Wildman–Crippen LogP) is 1.26. The Balaban J connectivity index is 0.00000484. The van der Waals surface area contributed by atoms with Gasteiger partial charge < -0.3 is 15.4 Å². The van der Waals surface area contributed by atoms with E-state index in [1.54, 1.807) is 33.1 Å². The Hall–Kier alpha value is -1.15. The largest absolute Gasteiger partial charge is 0.383 e. The molecule has 23 heavy (non-hydrogen) atoms. The molecule has 2 N–H and O–H groups in total. The van der Waals surface area contributed by atoms with Crippen LogP contribution in [0.1, 0.15) is 24.2 Å². The third kappa shape index (κ3) is 6.47. The van der Waals surface area contributed by atoms with Crippen LogP contribution < -0.4 is 10.6 Å². The summed E-state index contributed by atoms with van der Waals surface area (Å²) in [6.07, 6.45) is 0. The van der Waals surface area contributed by atoms with Crippen LogP contribution in [0.2, 0.25) is 0 Å². The molecule has 6 nitrogen and oxygen atoms in total. The van der Waals surface area contributed by atoms with E-state index >= 15 is 0 Å². The van der Waals surface area contributed by atoms with Crippen LogP contribution in [0.25, 0.3) is 0 Å². The highest BCUT2D eigenvalue weighted by molar-refractivity contribution is 7.92. The molecule has 8 heteroatoms. The van der Waals surface area contributed by atoms with E-state index in [4.69, 9.17) is 4.74 Å². The standard InChI is InChI=1S/C15H24N2O4S.ClH/c1-12(2)22(19,20)14-7-5-4-6-13(14)15(18)17-9-8-16-10-11-21-3;/h4-7,12,16H,8-11H2,1-3H3,(H,17,18);1H. The molecule has 0 bridgehead atoms. The molecule has 0 atom stereocenters. The maximum Gasteiger partial charge on any atom is 0.252 e. The number of methoxy groups -OCH3 is 1. The first-order chi connectivity index (χ1) is 10.4. The number of hydrogen-bond donors (Lipinski definition) is 2. The lowest BCUT2D eigenvalue weighted by atomic mass is 10.2. The lowest BCUT2D eigenvalue weighted by Gasteiger charge is -2.13. The molecule has 0 saturated carbocycles. The second-order valence-corrected chi connectivity index (χ2v) is 7.56. The van der Waals surface area contributed by atoms with Crippen molar-refractivity contribution in [1.29, 1.82) is 0 Å². The van der Waals surface area contributed by atoms with Crippen LogP contribution >= 0.6 is 12.4 Å². The Morgan fingerprint density at radius 2 is 1.83 bits per heavy atom. The van der Waals surface area contributed by atoms with Gasteiger partial charge in [-0.05, 0) is 26.0 Å². The molecule has 1 rings (SSSR count). The summed E-state index contributed by atoms with van der Waals surface area (Å²) in [5.41, 5.74) is 0.188. The zero-order valence-corrected chi connectivity index (χ0v) is 15.3. The lowest BCUT2D eigenvalue weighted by Crippen LogP contribution is -2.34. The number of carbonyl (C=O) groups is 1. The number of nitrogens with one attached hydrogen (secondary N) is 2. The summed E-state index contributed by atoms with van der Waals surface area (Å²) in [5.74, 6) is -0.381. The van der Waals surface area contributed by atoms with Gasteiger partial charge in [0.15, 0.2) is 9.84 Å². The molecule has 0 aliphatic heterocycles. The Morgan fingerprint density at radius 1 is 1.17 bits per heavy atom. The zero-order valence-electron chi connectivity index (χ0n) is 13.7. The van der Waals surface area contributed by atoms with Crippen LogP contribution in [-0.4, -0.2) is 52.9 Å². The van der Waals surface area contributed by atoms with Crippen molar-refractivity contribution in [3.8, 4) is 0 Å². The number of sulfone groups is 1. The van der Waals surface area contributed by atoms with Crippen LogP contribution in [0.4, 0.5) is 0 Å². The first-order valence-corrected chi connectivity index (χ1v) is 8.76. The molecule has 132 valence electrons. The van der Waals surface area contributed by atoms with Crippen molar-refractivity contribution in [1.82, 2.24) is 10.6 Å². The Kier molecular flexibility index (Phi) is 10.1. The fourth-order valence-corrected chi connectivity index (χ4v) is 3.06. The molecule has 0 heterocycles. The summed E-state index contributed by atoms with van der Waals surface area (Å²) >= 11 is 0. The summed E-state index contributed by atoms with van der Waals surface area (Å²) in [4.78, 5) is 12.3. The highest BCUT2D eigenvalue weighted by Gasteiger charge is 2.24. The molecule has 1 aromatic rings. The SMILES string of the molecule is COCCNCCNC(=O)c1ccccc1S(=O)(=O)C(C)C.Cl. The van der Waals surface area contributed by atoms with Gasteiger partial charge in [0.25, 0.3) is 5.91 Å². The Morgan fingerprint density at radius 3 is 2.43 bits per heavy atom. The average molecular weight is 365 g/mol. The summed E-state index contributed by atoms with van der Waals surface area (Å²) in [7, 11) is -1.87. The van der Waals surface area contributed by atoms with Gasteiger partial charge in [0.05, 0.1) is 22.3 Å². The van der Waals surface area contributed by atoms with Crippen molar-refractivity contribution < 1.29 is 17.9 Å². The van der Waals surface area contributed by atoms with Crippen LogP contribution in [0.15, 0.2) is 29.2 Å². The van der Waals surface area contributed by atoms with Gasteiger partial charge in [0.1, 0.15) is 0 Å². The van der Waals surface area contributed by atoms with Gasteiger partial charge in [-0.15, -0.1) is 12.4 Å². The third-order valence-corrected chi connectivity index (χ3v) is 5.34. The average Bonchev–Trinajstić information content (AvgIpc) is 2.50. The number of carbonyl (C=O) groups excluding carboxylic acids is 1. The van der Waals surface area contributed by atoms with E-state index in [1.807, 2.05) is 0 Å². The monoisotopic (exact) mass is 364 g/mol. The van der Waals surface area contributed by atoms with Crippen molar-refractivity contribution in [3.05, 3.63) is 29.8 Å². The lowest BCUT2D eigenvalue weighted by molar-refractivity contribution is 0.0950. The number of rotatable bonds is 9. The van der Waals surface area contributed by atoms with Crippen LogP contribution in [-0.2, 0) is 14.6 Å². The first-order valence-electron chi connectivity index (χ1n) is 7.22. The van der Waals surface area contributed by atoms with Crippen molar-refractivity contribution in [2.75, 3.05) is 33.4 Å². The van der Waals surface area contributed by atoms with E-state index < -0.39 is 15.1 Å².